The fourth-order valence-corrected chi connectivity index (χ4v) is 2.43. The van der Waals surface area contributed by atoms with Crippen LogP contribution in [0.25, 0.3) is 0 Å². The monoisotopic (exact) mass is 392 g/mol. The minimum absolute atomic E-state index is 0.0132. The number of carboxylic acids is 1. The van der Waals surface area contributed by atoms with Gasteiger partial charge in [-0.05, 0) is 41.8 Å². The predicted octanol–water partition coefficient (Wildman–Crippen LogP) is 4.62. The van der Waals surface area contributed by atoms with Gasteiger partial charge in [0.15, 0.2) is 0 Å². The standard InChI is InChI=1S/C9H9BrN2O2.C7H14F2/c1-2-4-7(9(13)14)6(11)3-5(10)8(4)12;1-4-6(2)5-7(3,8)9/h2-3,12H,11H2,1H3,(H,13,14);6H,4-5H2,1-3H3/b4-2-,12-8?;. The first-order chi connectivity index (χ1) is 10.4. The van der Waals surface area contributed by atoms with Crippen LogP contribution in [0.2, 0.25) is 0 Å². The Morgan fingerprint density at radius 1 is 1.57 bits per heavy atom. The molecule has 7 heteroatoms. The molecule has 0 amide bonds. The Morgan fingerprint density at radius 2 is 2.09 bits per heavy atom. The molecule has 1 rings (SSSR count). The van der Waals surface area contributed by atoms with Crippen LogP contribution in [0.15, 0.2) is 33.5 Å². The molecule has 0 saturated heterocycles. The Morgan fingerprint density at radius 3 is 2.39 bits per heavy atom. The Labute approximate surface area is 143 Å². The van der Waals surface area contributed by atoms with Crippen molar-refractivity contribution in [3.05, 3.63) is 33.5 Å². The lowest BCUT2D eigenvalue weighted by molar-refractivity contribution is -0.132. The topological polar surface area (TPSA) is 87.2 Å². The molecule has 23 heavy (non-hydrogen) atoms. The van der Waals surface area contributed by atoms with Crippen LogP contribution in [0.5, 0.6) is 0 Å². The summed E-state index contributed by atoms with van der Waals surface area (Å²) >= 11 is 3.14. The first-order valence-electron chi connectivity index (χ1n) is 7.18. The summed E-state index contributed by atoms with van der Waals surface area (Å²) in [6.45, 7) is 6.42. The highest BCUT2D eigenvalue weighted by Gasteiger charge is 2.25. The van der Waals surface area contributed by atoms with Crippen molar-refractivity contribution in [2.75, 3.05) is 0 Å². The Kier molecular flexibility index (Phi) is 8.37. The van der Waals surface area contributed by atoms with Gasteiger partial charge in [-0.3, -0.25) is 5.41 Å². The van der Waals surface area contributed by atoms with Crippen LogP contribution in [0.3, 0.4) is 0 Å². The summed E-state index contributed by atoms with van der Waals surface area (Å²) in [7, 11) is 0. The fourth-order valence-electron chi connectivity index (χ4n) is 1.97. The van der Waals surface area contributed by atoms with E-state index in [9.17, 15) is 13.6 Å². The molecule has 0 aromatic rings. The van der Waals surface area contributed by atoms with Gasteiger partial charge in [0.25, 0.3) is 0 Å². The number of nitrogens with one attached hydrogen (secondary N) is 1. The second kappa shape index (κ2) is 8.96. The Hall–Kier alpha value is -1.50. The van der Waals surface area contributed by atoms with Crippen molar-refractivity contribution in [3.63, 3.8) is 0 Å². The SMILES string of the molecule is C/C=C1\C(=N)C(Br)=CC(N)=C1C(=O)O.CCC(C)CC(C)(F)F. The van der Waals surface area contributed by atoms with Gasteiger partial charge >= 0.3 is 5.97 Å². The number of aliphatic carboxylic acids is 1. The summed E-state index contributed by atoms with van der Waals surface area (Å²) in [5.41, 5.74) is 6.18. The van der Waals surface area contributed by atoms with Gasteiger partial charge in [0, 0.05) is 22.2 Å². The molecule has 0 radical (unpaired) electrons. The quantitative estimate of drug-likeness (QED) is 0.651. The summed E-state index contributed by atoms with van der Waals surface area (Å²) in [5.74, 6) is -3.45. The number of nitrogens with two attached hydrogens (primary N) is 1. The molecule has 0 aromatic heterocycles. The molecule has 0 saturated carbocycles. The van der Waals surface area contributed by atoms with E-state index in [-0.39, 0.29) is 29.3 Å². The first-order valence-corrected chi connectivity index (χ1v) is 7.97. The van der Waals surface area contributed by atoms with Gasteiger partial charge in [-0.2, -0.15) is 0 Å². The zero-order valence-electron chi connectivity index (χ0n) is 13.7. The normalized spacial score (nSPS) is 18.3. The second-order valence-electron chi connectivity index (χ2n) is 5.49. The molecule has 0 aromatic carbocycles. The van der Waals surface area contributed by atoms with Crippen LogP contribution < -0.4 is 5.73 Å². The van der Waals surface area contributed by atoms with E-state index >= 15 is 0 Å². The number of allylic oxidation sites excluding steroid dienone is 3. The van der Waals surface area contributed by atoms with Crippen molar-refractivity contribution >= 4 is 27.6 Å². The summed E-state index contributed by atoms with van der Waals surface area (Å²) in [4.78, 5) is 10.9. The van der Waals surface area contributed by atoms with Crippen LogP contribution in [-0.2, 0) is 4.79 Å². The van der Waals surface area contributed by atoms with Crippen molar-refractivity contribution in [3.8, 4) is 0 Å². The van der Waals surface area contributed by atoms with Gasteiger partial charge in [0.1, 0.15) is 0 Å². The number of carboxylic acid groups (broad SMARTS) is 1. The lowest BCUT2D eigenvalue weighted by Gasteiger charge is -2.16. The van der Waals surface area contributed by atoms with Crippen molar-refractivity contribution in [1.82, 2.24) is 0 Å². The molecule has 1 atom stereocenters. The minimum atomic E-state index is -2.48. The lowest BCUT2D eigenvalue weighted by atomic mass is 9.94. The highest BCUT2D eigenvalue weighted by Crippen LogP contribution is 2.27. The smallest absolute Gasteiger partial charge is 0.338 e. The average Bonchev–Trinajstić information content (AvgIpc) is 2.40. The molecule has 1 aliphatic rings. The van der Waals surface area contributed by atoms with Gasteiger partial charge in [-0.1, -0.05) is 26.3 Å². The highest BCUT2D eigenvalue weighted by molar-refractivity contribution is 9.12. The van der Waals surface area contributed by atoms with Crippen molar-refractivity contribution < 1.29 is 18.7 Å². The van der Waals surface area contributed by atoms with E-state index in [1.807, 2.05) is 13.8 Å². The minimum Gasteiger partial charge on any atom is -0.478 e. The van der Waals surface area contributed by atoms with Gasteiger partial charge in [-0.25, -0.2) is 13.6 Å². The molecule has 0 spiro atoms. The van der Waals surface area contributed by atoms with Crippen molar-refractivity contribution in [1.29, 1.82) is 5.41 Å². The molecule has 0 aliphatic heterocycles. The summed E-state index contributed by atoms with van der Waals surface area (Å²) in [6.07, 6.45) is 3.85. The molecule has 1 aliphatic carbocycles. The molecule has 0 bridgehead atoms. The Balaban J connectivity index is 0.000000468. The van der Waals surface area contributed by atoms with E-state index in [1.54, 1.807) is 13.0 Å². The molecular formula is C16H23BrF2N2O2. The molecule has 1 unspecified atom stereocenters. The average molecular weight is 393 g/mol. The number of carbonyl (C=O) groups is 1. The Bertz CT molecular complexity index is 558. The lowest BCUT2D eigenvalue weighted by Crippen LogP contribution is -2.20. The molecule has 4 N–H and O–H groups in total. The molecule has 0 heterocycles. The van der Waals surface area contributed by atoms with E-state index < -0.39 is 11.9 Å². The largest absolute Gasteiger partial charge is 0.478 e. The number of rotatable bonds is 4. The fraction of sp³-hybridized carbons (Fsp3) is 0.500. The third-order valence-electron chi connectivity index (χ3n) is 3.25. The number of hydrogen-bond acceptors (Lipinski definition) is 3. The first kappa shape index (κ1) is 21.5. The predicted molar refractivity (Wildman–Crippen MR) is 92.0 cm³/mol. The van der Waals surface area contributed by atoms with Crippen LogP contribution >= 0.6 is 15.9 Å². The summed E-state index contributed by atoms with van der Waals surface area (Å²) < 4.78 is 24.8. The van der Waals surface area contributed by atoms with Crippen molar-refractivity contribution in [2.24, 2.45) is 11.7 Å². The maximum absolute atomic E-state index is 12.2. The van der Waals surface area contributed by atoms with Crippen molar-refractivity contribution in [2.45, 2.75) is 46.5 Å². The molecule has 4 nitrogen and oxygen atoms in total. The second-order valence-corrected chi connectivity index (χ2v) is 6.35. The van der Waals surface area contributed by atoms with E-state index in [0.29, 0.717) is 10.1 Å². The maximum atomic E-state index is 12.2. The summed E-state index contributed by atoms with van der Waals surface area (Å²) in [5, 5.41) is 16.5. The number of hydrogen-bond donors (Lipinski definition) is 3. The van der Waals surface area contributed by atoms with Crippen LogP contribution in [-0.4, -0.2) is 22.7 Å². The zero-order chi connectivity index (χ0) is 18.4. The van der Waals surface area contributed by atoms with E-state index in [0.717, 1.165) is 13.3 Å². The van der Waals surface area contributed by atoms with Gasteiger partial charge < -0.3 is 10.8 Å². The molecule has 0 fully saturated rings. The summed E-state index contributed by atoms with van der Waals surface area (Å²) in [6, 6.07) is 0. The molecular weight excluding hydrogens is 370 g/mol. The zero-order valence-corrected chi connectivity index (χ0v) is 15.3. The number of alkyl halides is 2. The third-order valence-corrected chi connectivity index (χ3v) is 3.88. The van der Waals surface area contributed by atoms with Gasteiger partial charge in [0.2, 0.25) is 5.92 Å². The molecule has 130 valence electrons. The van der Waals surface area contributed by atoms with Crippen LogP contribution in [0.1, 0.15) is 40.5 Å². The number of halogens is 3. The van der Waals surface area contributed by atoms with E-state index in [1.165, 1.54) is 6.08 Å². The van der Waals surface area contributed by atoms with E-state index in [4.69, 9.17) is 16.2 Å². The van der Waals surface area contributed by atoms with Crippen LogP contribution in [0.4, 0.5) is 8.78 Å². The highest BCUT2D eigenvalue weighted by atomic mass is 79.9. The van der Waals surface area contributed by atoms with Crippen LogP contribution in [0, 0.1) is 11.3 Å². The van der Waals surface area contributed by atoms with Gasteiger partial charge in [0.05, 0.1) is 11.3 Å². The third kappa shape index (κ3) is 7.07. The van der Waals surface area contributed by atoms with E-state index in [2.05, 4.69) is 15.9 Å². The maximum Gasteiger partial charge on any atom is 0.338 e. The van der Waals surface area contributed by atoms with Gasteiger partial charge in [-0.15, -0.1) is 0 Å².